The molecule has 20 heavy (non-hydrogen) atoms. The van der Waals surface area contributed by atoms with Gasteiger partial charge < -0.3 is 10.2 Å². The van der Waals surface area contributed by atoms with E-state index >= 15 is 0 Å². The van der Waals surface area contributed by atoms with Gasteiger partial charge in [-0.2, -0.15) is 5.26 Å². The number of nitriles is 1. The Kier molecular flexibility index (Phi) is 3.85. The topological polar surface area (TPSA) is 111 Å². The molecule has 100 valence electrons. The molecule has 0 radical (unpaired) electrons. The van der Waals surface area contributed by atoms with E-state index in [4.69, 9.17) is 15.5 Å². The standard InChI is InChI=1S/C13H7IN2O4/c14-7-1-2-9-8(3-7)10(6(4-15)5-16-9)11(12(17)18)13(19)20/h1-3,5,11H,(H,17,18)(H,19,20). The Labute approximate surface area is 126 Å². The van der Waals surface area contributed by atoms with Gasteiger partial charge in [0.15, 0.2) is 5.92 Å². The Morgan fingerprint density at radius 3 is 2.50 bits per heavy atom. The largest absolute Gasteiger partial charge is 0.480 e. The second-order valence-electron chi connectivity index (χ2n) is 3.97. The SMILES string of the molecule is N#Cc1cnc2ccc(I)cc2c1C(C(=O)O)C(=O)O. The monoisotopic (exact) mass is 382 g/mol. The molecule has 0 fully saturated rings. The van der Waals surface area contributed by atoms with Crippen molar-refractivity contribution < 1.29 is 19.8 Å². The van der Waals surface area contributed by atoms with Crippen molar-refractivity contribution in [3.63, 3.8) is 0 Å². The van der Waals surface area contributed by atoms with Crippen LogP contribution < -0.4 is 0 Å². The molecule has 0 aliphatic heterocycles. The number of carbonyl (C=O) groups is 2. The summed E-state index contributed by atoms with van der Waals surface area (Å²) in [6.07, 6.45) is 1.20. The fraction of sp³-hybridized carbons (Fsp3) is 0.0769. The minimum atomic E-state index is -1.80. The Balaban J connectivity index is 2.90. The summed E-state index contributed by atoms with van der Waals surface area (Å²) in [5.74, 6) is -4.82. The summed E-state index contributed by atoms with van der Waals surface area (Å²) in [6, 6.07) is 6.85. The first kappa shape index (κ1) is 14.2. The van der Waals surface area contributed by atoms with E-state index < -0.39 is 17.9 Å². The lowest BCUT2D eigenvalue weighted by Gasteiger charge is -2.13. The minimum absolute atomic E-state index is 0.0315. The highest BCUT2D eigenvalue weighted by Crippen LogP contribution is 2.29. The molecular formula is C13H7IN2O4. The molecule has 1 heterocycles. The first-order valence-corrected chi connectivity index (χ1v) is 6.47. The van der Waals surface area contributed by atoms with Crippen molar-refractivity contribution in [2.24, 2.45) is 0 Å². The van der Waals surface area contributed by atoms with E-state index in [1.165, 1.54) is 6.20 Å². The maximum Gasteiger partial charge on any atom is 0.322 e. The lowest BCUT2D eigenvalue weighted by atomic mass is 9.92. The maximum atomic E-state index is 11.2. The zero-order chi connectivity index (χ0) is 14.9. The van der Waals surface area contributed by atoms with Crippen molar-refractivity contribution in [2.75, 3.05) is 0 Å². The van der Waals surface area contributed by atoms with Gasteiger partial charge in [0.05, 0.1) is 11.1 Å². The molecule has 0 saturated heterocycles. The van der Waals surface area contributed by atoms with Crippen LogP contribution in [0.4, 0.5) is 0 Å². The molecule has 0 aliphatic carbocycles. The fourth-order valence-electron chi connectivity index (χ4n) is 1.94. The second-order valence-corrected chi connectivity index (χ2v) is 5.21. The average molecular weight is 382 g/mol. The molecule has 0 aliphatic rings. The van der Waals surface area contributed by atoms with E-state index in [1.807, 2.05) is 22.6 Å². The molecule has 0 atom stereocenters. The van der Waals surface area contributed by atoms with Gasteiger partial charge in [-0.25, -0.2) is 0 Å². The van der Waals surface area contributed by atoms with Gasteiger partial charge in [0, 0.05) is 20.7 Å². The van der Waals surface area contributed by atoms with Crippen molar-refractivity contribution in [3.05, 3.63) is 39.1 Å². The quantitative estimate of drug-likeness (QED) is 0.620. The van der Waals surface area contributed by atoms with Crippen LogP contribution in [0.2, 0.25) is 0 Å². The maximum absolute atomic E-state index is 11.2. The van der Waals surface area contributed by atoms with Crippen molar-refractivity contribution >= 4 is 45.4 Å². The number of fused-ring (bicyclic) bond motifs is 1. The number of aliphatic carboxylic acids is 2. The van der Waals surface area contributed by atoms with Gasteiger partial charge in [-0.1, -0.05) is 0 Å². The lowest BCUT2D eigenvalue weighted by molar-refractivity contribution is -0.149. The normalized spacial score (nSPS) is 10.4. The molecule has 0 unspecified atom stereocenters. The Morgan fingerprint density at radius 2 is 1.95 bits per heavy atom. The first-order valence-electron chi connectivity index (χ1n) is 5.39. The molecule has 2 rings (SSSR count). The summed E-state index contributed by atoms with van der Waals surface area (Å²) < 4.78 is 0.794. The fourth-order valence-corrected chi connectivity index (χ4v) is 2.43. The highest BCUT2D eigenvalue weighted by molar-refractivity contribution is 14.1. The van der Waals surface area contributed by atoms with E-state index in [-0.39, 0.29) is 11.1 Å². The second kappa shape index (κ2) is 5.42. The van der Waals surface area contributed by atoms with Gasteiger partial charge in [-0.05, 0) is 40.8 Å². The molecule has 0 amide bonds. The van der Waals surface area contributed by atoms with Crippen LogP contribution in [0, 0.1) is 14.9 Å². The van der Waals surface area contributed by atoms with Gasteiger partial charge in [0.25, 0.3) is 0 Å². The summed E-state index contributed by atoms with van der Waals surface area (Å²) in [5.41, 5.74) is 0.372. The van der Waals surface area contributed by atoms with Gasteiger partial charge >= 0.3 is 11.9 Å². The number of aromatic nitrogens is 1. The Hall–Kier alpha value is -2.21. The van der Waals surface area contributed by atoms with Crippen LogP contribution in [0.3, 0.4) is 0 Å². The van der Waals surface area contributed by atoms with Crippen molar-refractivity contribution in [3.8, 4) is 6.07 Å². The Morgan fingerprint density at radius 1 is 1.30 bits per heavy atom. The van der Waals surface area contributed by atoms with Crippen molar-refractivity contribution in [1.29, 1.82) is 5.26 Å². The highest BCUT2D eigenvalue weighted by Gasteiger charge is 2.32. The summed E-state index contributed by atoms with van der Waals surface area (Å²) >= 11 is 2.02. The number of rotatable bonds is 3. The molecular weight excluding hydrogens is 375 g/mol. The third-order valence-electron chi connectivity index (χ3n) is 2.77. The molecule has 1 aromatic heterocycles. The summed E-state index contributed by atoms with van der Waals surface area (Å²) in [4.78, 5) is 26.5. The van der Waals surface area contributed by atoms with E-state index in [9.17, 15) is 9.59 Å². The molecule has 0 bridgehead atoms. The third kappa shape index (κ3) is 2.42. The number of carboxylic acid groups (broad SMARTS) is 2. The predicted molar refractivity (Wildman–Crippen MR) is 77.2 cm³/mol. The lowest BCUT2D eigenvalue weighted by Crippen LogP contribution is -2.22. The molecule has 6 nitrogen and oxygen atoms in total. The smallest absolute Gasteiger partial charge is 0.322 e. The summed E-state index contributed by atoms with van der Waals surface area (Å²) in [6.45, 7) is 0. The molecule has 2 N–H and O–H groups in total. The summed E-state index contributed by atoms with van der Waals surface area (Å²) in [7, 11) is 0. The molecule has 7 heteroatoms. The minimum Gasteiger partial charge on any atom is -0.480 e. The number of hydrogen-bond acceptors (Lipinski definition) is 4. The molecule has 0 spiro atoms. The van der Waals surface area contributed by atoms with Crippen LogP contribution in [0.25, 0.3) is 10.9 Å². The molecule has 0 saturated carbocycles. The number of halogens is 1. The van der Waals surface area contributed by atoms with Crippen molar-refractivity contribution in [2.45, 2.75) is 5.92 Å². The Bertz CT molecular complexity index is 753. The van der Waals surface area contributed by atoms with E-state index in [0.29, 0.717) is 10.9 Å². The zero-order valence-electron chi connectivity index (χ0n) is 9.87. The van der Waals surface area contributed by atoms with E-state index in [2.05, 4.69) is 4.98 Å². The van der Waals surface area contributed by atoms with E-state index in [0.717, 1.165) is 3.57 Å². The summed E-state index contributed by atoms with van der Waals surface area (Å²) in [5, 5.41) is 27.7. The van der Waals surface area contributed by atoms with Crippen LogP contribution in [-0.4, -0.2) is 27.1 Å². The average Bonchev–Trinajstić information content (AvgIpc) is 2.38. The van der Waals surface area contributed by atoms with Gasteiger partial charge in [0.2, 0.25) is 0 Å². The van der Waals surface area contributed by atoms with Crippen LogP contribution in [0.1, 0.15) is 17.0 Å². The number of hydrogen-bond donors (Lipinski definition) is 2. The highest BCUT2D eigenvalue weighted by atomic mass is 127. The van der Waals surface area contributed by atoms with Crippen LogP contribution in [0.15, 0.2) is 24.4 Å². The number of carboxylic acids is 2. The van der Waals surface area contributed by atoms with Crippen molar-refractivity contribution in [1.82, 2.24) is 4.98 Å². The zero-order valence-corrected chi connectivity index (χ0v) is 12.0. The van der Waals surface area contributed by atoms with Gasteiger partial charge in [0.1, 0.15) is 6.07 Å². The first-order chi connectivity index (χ1) is 9.45. The molecule has 1 aromatic carbocycles. The number of benzene rings is 1. The number of nitrogens with zero attached hydrogens (tertiary/aromatic N) is 2. The van der Waals surface area contributed by atoms with Crippen LogP contribution in [-0.2, 0) is 9.59 Å². The predicted octanol–water partition coefficient (Wildman–Crippen LogP) is 1.96. The van der Waals surface area contributed by atoms with Crippen LogP contribution in [0.5, 0.6) is 0 Å². The molecule has 2 aromatic rings. The van der Waals surface area contributed by atoms with E-state index in [1.54, 1.807) is 24.3 Å². The van der Waals surface area contributed by atoms with Crippen LogP contribution >= 0.6 is 22.6 Å². The number of pyridine rings is 1. The third-order valence-corrected chi connectivity index (χ3v) is 3.45. The van der Waals surface area contributed by atoms with Gasteiger partial charge in [-0.15, -0.1) is 0 Å². The van der Waals surface area contributed by atoms with Gasteiger partial charge in [-0.3, -0.25) is 14.6 Å².